The summed E-state index contributed by atoms with van der Waals surface area (Å²) < 4.78 is 33.2. The summed E-state index contributed by atoms with van der Waals surface area (Å²) in [7, 11) is -2.65. The second-order valence-corrected chi connectivity index (χ2v) is 8.20. The quantitative estimate of drug-likeness (QED) is 0.508. The maximum absolute atomic E-state index is 12.9. The Morgan fingerprint density at radius 3 is 2.29 bits per heavy atom. The van der Waals surface area contributed by atoms with Crippen molar-refractivity contribution < 1.29 is 17.9 Å². The predicted molar refractivity (Wildman–Crippen MR) is 109 cm³/mol. The summed E-state index contributed by atoms with van der Waals surface area (Å²) in [5.41, 5.74) is 1.56. The minimum atomic E-state index is -3.88. The van der Waals surface area contributed by atoms with Crippen LogP contribution in [0, 0.1) is 6.92 Å². The summed E-state index contributed by atoms with van der Waals surface area (Å²) in [5, 5.41) is 1.94. The zero-order valence-corrected chi connectivity index (χ0v) is 16.5. The maximum atomic E-state index is 12.9. The summed E-state index contributed by atoms with van der Waals surface area (Å²) in [4.78, 5) is 12.2. The van der Waals surface area contributed by atoms with Gasteiger partial charge in [-0.3, -0.25) is 0 Å². The van der Waals surface area contributed by atoms with Crippen LogP contribution in [0.5, 0.6) is 0 Å². The van der Waals surface area contributed by atoms with Crippen LogP contribution in [0.15, 0.2) is 83.8 Å². The number of hydrogen-bond acceptors (Lipinski definition) is 4. The predicted octanol–water partition coefficient (Wildman–Crippen LogP) is 3.90. The third-order valence-corrected chi connectivity index (χ3v) is 5.95. The molecule has 0 heterocycles. The molecule has 0 aliphatic carbocycles. The van der Waals surface area contributed by atoms with Crippen molar-refractivity contribution in [1.82, 2.24) is 4.72 Å². The van der Waals surface area contributed by atoms with Crippen LogP contribution in [-0.2, 0) is 19.6 Å². The van der Waals surface area contributed by atoms with Crippen LogP contribution in [-0.4, -0.2) is 21.5 Å². The number of rotatable bonds is 6. The van der Waals surface area contributed by atoms with E-state index < -0.39 is 22.0 Å². The van der Waals surface area contributed by atoms with Crippen molar-refractivity contribution in [2.45, 2.75) is 17.9 Å². The summed E-state index contributed by atoms with van der Waals surface area (Å²) in [5.74, 6) is -0.676. The van der Waals surface area contributed by atoms with Gasteiger partial charge in [-0.15, -0.1) is 0 Å². The Kier molecular flexibility index (Phi) is 5.63. The van der Waals surface area contributed by atoms with Crippen LogP contribution in [0.4, 0.5) is 0 Å². The third-order valence-electron chi connectivity index (χ3n) is 4.51. The van der Waals surface area contributed by atoms with E-state index in [9.17, 15) is 13.2 Å². The number of hydrogen-bond donors (Lipinski definition) is 1. The highest BCUT2D eigenvalue weighted by molar-refractivity contribution is 7.89. The minimum absolute atomic E-state index is 0.00784. The number of fused-ring (bicyclic) bond motifs is 1. The molecule has 0 saturated heterocycles. The first-order chi connectivity index (χ1) is 13.3. The van der Waals surface area contributed by atoms with E-state index in [2.05, 4.69) is 11.3 Å². The van der Waals surface area contributed by atoms with Crippen LogP contribution in [0.3, 0.4) is 0 Å². The zero-order valence-electron chi connectivity index (χ0n) is 15.7. The molecule has 0 fully saturated rings. The number of benzene rings is 3. The topological polar surface area (TPSA) is 72.5 Å². The van der Waals surface area contributed by atoms with Gasteiger partial charge in [0.15, 0.2) is 0 Å². The lowest BCUT2D eigenvalue weighted by atomic mass is 9.98. The average Bonchev–Trinajstić information content (AvgIpc) is 2.71. The molecular formula is C22H21NO4S. The van der Waals surface area contributed by atoms with Gasteiger partial charge in [0.05, 0.1) is 23.6 Å². The average molecular weight is 395 g/mol. The molecule has 1 atom stereocenters. The molecule has 3 aromatic rings. The molecule has 0 radical (unpaired) electrons. The van der Waals surface area contributed by atoms with E-state index in [1.165, 1.54) is 19.2 Å². The lowest BCUT2D eigenvalue weighted by molar-refractivity contribution is -0.136. The highest BCUT2D eigenvalue weighted by Gasteiger charge is 2.27. The Hall–Kier alpha value is -2.96. The molecular weight excluding hydrogens is 374 g/mol. The first-order valence-electron chi connectivity index (χ1n) is 8.66. The SMILES string of the molecule is C=C(C(=O)OC)C(NS(=O)(=O)c1ccc(C)cc1)c1ccc2ccccc2c1. The van der Waals surface area contributed by atoms with Crippen molar-refractivity contribution >= 4 is 26.8 Å². The van der Waals surface area contributed by atoms with E-state index in [0.717, 1.165) is 16.3 Å². The Labute approximate surface area is 164 Å². The highest BCUT2D eigenvalue weighted by atomic mass is 32.2. The number of aryl methyl sites for hydroxylation is 1. The Morgan fingerprint density at radius 1 is 1.00 bits per heavy atom. The molecule has 28 heavy (non-hydrogen) atoms. The van der Waals surface area contributed by atoms with E-state index in [1.807, 2.05) is 43.3 Å². The fourth-order valence-corrected chi connectivity index (χ4v) is 4.14. The fraction of sp³-hybridized carbons (Fsp3) is 0.136. The Morgan fingerprint density at radius 2 is 1.64 bits per heavy atom. The van der Waals surface area contributed by atoms with Crippen LogP contribution in [0.1, 0.15) is 17.2 Å². The van der Waals surface area contributed by atoms with Gasteiger partial charge in [0, 0.05) is 0 Å². The molecule has 0 aliphatic rings. The molecule has 0 aliphatic heterocycles. The van der Waals surface area contributed by atoms with E-state index in [4.69, 9.17) is 4.74 Å². The number of sulfonamides is 1. The van der Waals surface area contributed by atoms with Crippen LogP contribution >= 0.6 is 0 Å². The van der Waals surface area contributed by atoms with E-state index in [0.29, 0.717) is 5.56 Å². The third kappa shape index (κ3) is 4.13. The number of esters is 1. The van der Waals surface area contributed by atoms with Crippen molar-refractivity contribution in [2.75, 3.05) is 7.11 Å². The molecule has 1 unspecified atom stereocenters. The van der Waals surface area contributed by atoms with Crippen molar-refractivity contribution in [1.29, 1.82) is 0 Å². The van der Waals surface area contributed by atoms with Gasteiger partial charge in [-0.25, -0.2) is 13.2 Å². The van der Waals surface area contributed by atoms with Crippen LogP contribution < -0.4 is 4.72 Å². The number of methoxy groups -OCH3 is 1. The standard InChI is InChI=1S/C22H21NO4S/c1-15-8-12-20(13-9-15)28(25,26)23-21(16(2)22(24)27-3)19-11-10-17-6-4-5-7-18(17)14-19/h4-14,21,23H,2H2,1,3H3. The van der Waals surface area contributed by atoms with Gasteiger partial charge in [0.25, 0.3) is 0 Å². The molecule has 5 nitrogen and oxygen atoms in total. The molecule has 0 bridgehead atoms. The molecule has 0 saturated carbocycles. The summed E-state index contributed by atoms with van der Waals surface area (Å²) in [6, 6.07) is 18.7. The van der Waals surface area contributed by atoms with Crippen LogP contribution in [0.2, 0.25) is 0 Å². The lowest BCUT2D eigenvalue weighted by Gasteiger charge is -2.21. The lowest BCUT2D eigenvalue weighted by Crippen LogP contribution is -2.32. The van der Waals surface area contributed by atoms with Crippen LogP contribution in [0.25, 0.3) is 10.8 Å². The number of ether oxygens (including phenoxy) is 1. The van der Waals surface area contributed by atoms with Gasteiger partial charge < -0.3 is 4.74 Å². The maximum Gasteiger partial charge on any atom is 0.335 e. The number of carbonyl (C=O) groups excluding carboxylic acids is 1. The van der Waals surface area contributed by atoms with Gasteiger partial charge in [-0.1, -0.05) is 60.7 Å². The first-order valence-corrected chi connectivity index (χ1v) is 10.1. The van der Waals surface area contributed by atoms with Crippen molar-refractivity contribution in [3.05, 3.63) is 90.0 Å². The molecule has 144 valence electrons. The fourth-order valence-electron chi connectivity index (χ4n) is 2.92. The summed E-state index contributed by atoms with van der Waals surface area (Å²) >= 11 is 0. The van der Waals surface area contributed by atoms with E-state index >= 15 is 0 Å². The number of carbonyl (C=O) groups is 1. The Balaban J connectivity index is 2.04. The molecule has 3 rings (SSSR count). The van der Waals surface area contributed by atoms with Gasteiger partial charge >= 0.3 is 5.97 Å². The smallest absolute Gasteiger partial charge is 0.335 e. The van der Waals surface area contributed by atoms with E-state index in [-0.39, 0.29) is 10.5 Å². The zero-order chi connectivity index (χ0) is 20.3. The monoisotopic (exact) mass is 395 g/mol. The second-order valence-electron chi connectivity index (χ2n) is 6.49. The summed E-state index contributed by atoms with van der Waals surface area (Å²) in [6.45, 7) is 5.65. The van der Waals surface area contributed by atoms with Gasteiger partial charge in [0.2, 0.25) is 10.0 Å². The van der Waals surface area contributed by atoms with E-state index in [1.54, 1.807) is 18.2 Å². The van der Waals surface area contributed by atoms with Crippen molar-refractivity contribution in [3.8, 4) is 0 Å². The van der Waals surface area contributed by atoms with Gasteiger partial charge in [0.1, 0.15) is 0 Å². The second kappa shape index (κ2) is 7.96. The molecule has 0 aromatic heterocycles. The highest BCUT2D eigenvalue weighted by Crippen LogP contribution is 2.27. The van der Waals surface area contributed by atoms with Crippen molar-refractivity contribution in [2.24, 2.45) is 0 Å². The molecule has 0 amide bonds. The first kappa shape index (κ1) is 19.8. The van der Waals surface area contributed by atoms with Crippen molar-refractivity contribution in [3.63, 3.8) is 0 Å². The normalized spacial score (nSPS) is 12.5. The molecule has 3 aromatic carbocycles. The summed E-state index contributed by atoms with van der Waals surface area (Å²) in [6.07, 6.45) is 0. The molecule has 0 spiro atoms. The molecule has 6 heteroatoms. The molecule has 1 N–H and O–H groups in total. The Bertz CT molecular complexity index is 1130. The largest absolute Gasteiger partial charge is 0.466 e. The minimum Gasteiger partial charge on any atom is -0.466 e. The number of nitrogens with one attached hydrogen (secondary N) is 1. The van der Waals surface area contributed by atoms with Gasteiger partial charge in [-0.2, -0.15) is 4.72 Å². The van der Waals surface area contributed by atoms with Gasteiger partial charge in [-0.05, 0) is 41.5 Å².